The van der Waals surface area contributed by atoms with Crippen LogP contribution >= 0.6 is 0 Å². The van der Waals surface area contributed by atoms with Crippen LogP contribution in [0.2, 0.25) is 0 Å². The lowest BCUT2D eigenvalue weighted by Gasteiger charge is -2.13. The Morgan fingerprint density at radius 3 is 2.65 bits per heavy atom. The first-order valence-corrected chi connectivity index (χ1v) is 6.74. The van der Waals surface area contributed by atoms with E-state index in [0.717, 1.165) is 22.6 Å². The Balaban J connectivity index is 2.08. The van der Waals surface area contributed by atoms with E-state index in [2.05, 4.69) is 15.6 Å². The second-order valence-electron chi connectivity index (χ2n) is 4.55. The minimum atomic E-state index is 0.0231. The normalized spacial score (nSPS) is 10.1. The zero-order valence-corrected chi connectivity index (χ0v) is 11.8. The van der Waals surface area contributed by atoms with Crippen LogP contribution in [0.3, 0.4) is 0 Å². The molecule has 0 saturated heterocycles. The Labute approximate surface area is 119 Å². The van der Waals surface area contributed by atoms with Crippen LogP contribution in [0, 0.1) is 6.92 Å². The largest absolute Gasteiger partial charge is 0.379 e. The van der Waals surface area contributed by atoms with Gasteiger partial charge in [0.1, 0.15) is 0 Å². The monoisotopic (exact) mass is 269 g/mol. The van der Waals surface area contributed by atoms with Gasteiger partial charge in [-0.1, -0.05) is 19.1 Å². The lowest BCUT2D eigenvalue weighted by atomic mass is 10.1. The number of carbonyl (C=O) groups excluding carboxylic acids is 1. The van der Waals surface area contributed by atoms with Crippen LogP contribution in [-0.2, 0) is 11.3 Å². The van der Waals surface area contributed by atoms with E-state index in [4.69, 9.17) is 0 Å². The lowest BCUT2D eigenvalue weighted by Crippen LogP contribution is -2.11. The molecule has 2 rings (SSSR count). The van der Waals surface area contributed by atoms with Gasteiger partial charge >= 0.3 is 0 Å². The summed E-state index contributed by atoms with van der Waals surface area (Å²) >= 11 is 0. The maximum Gasteiger partial charge on any atom is 0.224 e. The minimum Gasteiger partial charge on any atom is -0.379 e. The number of hydrogen-bond donors (Lipinski definition) is 2. The number of aromatic nitrogens is 1. The summed E-state index contributed by atoms with van der Waals surface area (Å²) in [6.45, 7) is 4.49. The van der Waals surface area contributed by atoms with Crippen molar-refractivity contribution in [1.82, 2.24) is 4.98 Å². The van der Waals surface area contributed by atoms with E-state index in [0.29, 0.717) is 13.0 Å². The van der Waals surface area contributed by atoms with Crippen LogP contribution in [0.1, 0.15) is 24.6 Å². The molecule has 2 aromatic rings. The summed E-state index contributed by atoms with van der Waals surface area (Å²) in [5, 5.41) is 6.25. The summed E-state index contributed by atoms with van der Waals surface area (Å²) in [7, 11) is 0. The van der Waals surface area contributed by atoms with Gasteiger partial charge in [-0.3, -0.25) is 9.78 Å². The van der Waals surface area contributed by atoms with Crippen LogP contribution in [0.5, 0.6) is 0 Å². The smallest absolute Gasteiger partial charge is 0.224 e. The minimum absolute atomic E-state index is 0.0231. The third-order valence-corrected chi connectivity index (χ3v) is 3.12. The van der Waals surface area contributed by atoms with Gasteiger partial charge in [-0.2, -0.15) is 0 Å². The predicted molar refractivity (Wildman–Crippen MR) is 81.7 cm³/mol. The topological polar surface area (TPSA) is 54.0 Å². The Morgan fingerprint density at radius 2 is 1.95 bits per heavy atom. The molecule has 0 spiro atoms. The average Bonchev–Trinajstić information content (AvgIpc) is 2.49. The number of anilines is 2. The van der Waals surface area contributed by atoms with Gasteiger partial charge in [0.05, 0.1) is 12.2 Å². The van der Waals surface area contributed by atoms with Crippen LogP contribution in [-0.4, -0.2) is 10.9 Å². The molecule has 4 heteroatoms. The fraction of sp³-hybridized carbons (Fsp3) is 0.250. The van der Waals surface area contributed by atoms with E-state index in [1.807, 2.05) is 50.2 Å². The summed E-state index contributed by atoms with van der Waals surface area (Å²) in [4.78, 5) is 15.8. The van der Waals surface area contributed by atoms with Crippen LogP contribution in [0.4, 0.5) is 11.4 Å². The highest BCUT2D eigenvalue weighted by Crippen LogP contribution is 2.23. The maximum atomic E-state index is 11.5. The van der Waals surface area contributed by atoms with E-state index in [1.54, 1.807) is 6.20 Å². The molecule has 4 nitrogen and oxygen atoms in total. The van der Waals surface area contributed by atoms with E-state index in [1.165, 1.54) is 0 Å². The molecule has 0 bridgehead atoms. The van der Waals surface area contributed by atoms with Crippen molar-refractivity contribution in [3.63, 3.8) is 0 Å². The second-order valence-corrected chi connectivity index (χ2v) is 4.55. The molecule has 1 amide bonds. The van der Waals surface area contributed by atoms with Crippen LogP contribution in [0.25, 0.3) is 0 Å². The first-order chi connectivity index (χ1) is 9.70. The van der Waals surface area contributed by atoms with Crippen molar-refractivity contribution >= 4 is 17.3 Å². The summed E-state index contributed by atoms with van der Waals surface area (Å²) in [6.07, 6.45) is 2.26. The number of benzene rings is 1. The van der Waals surface area contributed by atoms with Gasteiger partial charge < -0.3 is 10.6 Å². The highest BCUT2D eigenvalue weighted by atomic mass is 16.1. The van der Waals surface area contributed by atoms with E-state index in [-0.39, 0.29) is 5.91 Å². The Hall–Kier alpha value is -2.36. The molecule has 2 N–H and O–H groups in total. The molecule has 1 heterocycles. The van der Waals surface area contributed by atoms with Crippen molar-refractivity contribution in [2.75, 3.05) is 10.6 Å². The van der Waals surface area contributed by atoms with Crippen LogP contribution < -0.4 is 10.6 Å². The van der Waals surface area contributed by atoms with E-state index in [9.17, 15) is 4.79 Å². The van der Waals surface area contributed by atoms with Gasteiger partial charge in [0.15, 0.2) is 0 Å². The van der Waals surface area contributed by atoms with Gasteiger partial charge in [-0.15, -0.1) is 0 Å². The van der Waals surface area contributed by atoms with Crippen molar-refractivity contribution < 1.29 is 4.79 Å². The van der Waals surface area contributed by atoms with Crippen molar-refractivity contribution in [2.24, 2.45) is 0 Å². The number of pyridine rings is 1. The Morgan fingerprint density at radius 1 is 1.15 bits per heavy atom. The summed E-state index contributed by atoms with van der Waals surface area (Å²) in [5.41, 5.74) is 3.87. The first-order valence-electron chi connectivity index (χ1n) is 6.74. The molecule has 0 aliphatic heterocycles. The van der Waals surface area contributed by atoms with Gasteiger partial charge in [-0.05, 0) is 36.8 Å². The SMILES string of the molecule is CCC(=O)Nc1cccc(NCc2ccccn2)c1C. The average molecular weight is 269 g/mol. The highest BCUT2D eigenvalue weighted by molar-refractivity contribution is 5.92. The quantitative estimate of drug-likeness (QED) is 0.875. The number of amides is 1. The molecule has 104 valence electrons. The van der Waals surface area contributed by atoms with Gasteiger partial charge in [0.2, 0.25) is 5.91 Å². The molecule has 0 aliphatic rings. The molecular weight excluding hydrogens is 250 g/mol. The summed E-state index contributed by atoms with van der Waals surface area (Å²) in [5.74, 6) is 0.0231. The summed E-state index contributed by atoms with van der Waals surface area (Å²) in [6, 6.07) is 11.7. The molecule has 1 aromatic carbocycles. The van der Waals surface area contributed by atoms with Gasteiger partial charge in [0, 0.05) is 24.0 Å². The third-order valence-electron chi connectivity index (χ3n) is 3.12. The summed E-state index contributed by atoms with van der Waals surface area (Å²) < 4.78 is 0. The number of nitrogens with one attached hydrogen (secondary N) is 2. The van der Waals surface area contributed by atoms with E-state index < -0.39 is 0 Å². The number of nitrogens with zero attached hydrogens (tertiary/aromatic N) is 1. The van der Waals surface area contributed by atoms with Crippen LogP contribution in [0.15, 0.2) is 42.6 Å². The first kappa shape index (κ1) is 14.1. The molecule has 0 fully saturated rings. The molecule has 0 radical (unpaired) electrons. The number of hydrogen-bond acceptors (Lipinski definition) is 3. The fourth-order valence-corrected chi connectivity index (χ4v) is 1.89. The molecule has 20 heavy (non-hydrogen) atoms. The lowest BCUT2D eigenvalue weighted by molar-refractivity contribution is -0.115. The second kappa shape index (κ2) is 6.70. The van der Waals surface area contributed by atoms with Crippen molar-refractivity contribution in [3.8, 4) is 0 Å². The predicted octanol–water partition coefficient (Wildman–Crippen LogP) is 3.35. The molecule has 1 aromatic heterocycles. The zero-order valence-electron chi connectivity index (χ0n) is 11.8. The van der Waals surface area contributed by atoms with Gasteiger partial charge in [0.25, 0.3) is 0 Å². The van der Waals surface area contributed by atoms with E-state index >= 15 is 0 Å². The standard InChI is InChI=1S/C16H19N3O/c1-3-16(20)19-15-9-6-8-14(12(15)2)18-11-13-7-4-5-10-17-13/h4-10,18H,3,11H2,1-2H3,(H,19,20). The fourth-order valence-electron chi connectivity index (χ4n) is 1.89. The molecule has 0 aliphatic carbocycles. The highest BCUT2D eigenvalue weighted by Gasteiger charge is 2.06. The molecular formula is C16H19N3O. The van der Waals surface area contributed by atoms with Crippen molar-refractivity contribution in [1.29, 1.82) is 0 Å². The molecule has 0 saturated carbocycles. The number of rotatable bonds is 5. The Bertz CT molecular complexity index is 582. The van der Waals surface area contributed by atoms with Crippen molar-refractivity contribution in [2.45, 2.75) is 26.8 Å². The maximum absolute atomic E-state index is 11.5. The third kappa shape index (κ3) is 3.57. The molecule has 0 atom stereocenters. The Kier molecular flexibility index (Phi) is 4.71. The molecule has 0 unspecified atom stereocenters. The van der Waals surface area contributed by atoms with Gasteiger partial charge in [-0.25, -0.2) is 0 Å². The zero-order chi connectivity index (χ0) is 14.4. The van der Waals surface area contributed by atoms with Crippen molar-refractivity contribution in [3.05, 3.63) is 53.9 Å². The number of carbonyl (C=O) groups is 1.